The maximum absolute atomic E-state index is 10.6. The second-order valence-electron chi connectivity index (χ2n) is 4.17. The van der Waals surface area contributed by atoms with Crippen LogP contribution in [0, 0.1) is 0 Å². The summed E-state index contributed by atoms with van der Waals surface area (Å²) < 4.78 is 0. The van der Waals surface area contributed by atoms with Crippen LogP contribution in [0.2, 0.25) is 10.0 Å². The summed E-state index contributed by atoms with van der Waals surface area (Å²) in [6.07, 6.45) is 4.03. The van der Waals surface area contributed by atoms with Crippen LogP contribution in [0.3, 0.4) is 0 Å². The molecule has 2 rings (SSSR count). The zero-order chi connectivity index (χ0) is 15.7. The SMILES string of the molecule is CC(=O)/C=C/c1cccc(Cl)c1.O=Cc1cccc(Cl)c1. The van der Waals surface area contributed by atoms with Crippen molar-refractivity contribution in [3.63, 3.8) is 0 Å². The molecule has 0 radical (unpaired) electrons. The quantitative estimate of drug-likeness (QED) is 0.582. The molecule has 21 heavy (non-hydrogen) atoms. The first kappa shape index (κ1) is 17.2. The molecular weight excluding hydrogens is 307 g/mol. The van der Waals surface area contributed by atoms with Crippen LogP contribution in [-0.4, -0.2) is 12.1 Å². The van der Waals surface area contributed by atoms with Gasteiger partial charge in [0.05, 0.1) is 0 Å². The van der Waals surface area contributed by atoms with Gasteiger partial charge in [-0.05, 0) is 42.8 Å². The molecule has 0 atom stereocenters. The zero-order valence-corrected chi connectivity index (χ0v) is 12.9. The van der Waals surface area contributed by atoms with Crippen molar-refractivity contribution < 1.29 is 9.59 Å². The fourth-order valence-corrected chi connectivity index (χ4v) is 1.80. The van der Waals surface area contributed by atoms with E-state index < -0.39 is 0 Å². The molecule has 0 bridgehead atoms. The van der Waals surface area contributed by atoms with Gasteiger partial charge in [0.15, 0.2) is 5.78 Å². The third-order valence-corrected chi connectivity index (χ3v) is 2.81. The van der Waals surface area contributed by atoms with E-state index >= 15 is 0 Å². The predicted molar refractivity (Wildman–Crippen MR) is 88.0 cm³/mol. The average Bonchev–Trinajstić information content (AvgIpc) is 2.46. The molecule has 0 heterocycles. The topological polar surface area (TPSA) is 34.1 Å². The van der Waals surface area contributed by atoms with E-state index in [-0.39, 0.29) is 5.78 Å². The lowest BCUT2D eigenvalue weighted by Crippen LogP contribution is -1.79. The normalized spacial score (nSPS) is 9.86. The van der Waals surface area contributed by atoms with Crippen molar-refractivity contribution in [1.82, 2.24) is 0 Å². The Kier molecular flexibility index (Phi) is 7.44. The minimum Gasteiger partial charge on any atom is -0.298 e. The van der Waals surface area contributed by atoms with Crippen molar-refractivity contribution >= 4 is 41.3 Å². The number of ketones is 1. The Morgan fingerprint density at radius 1 is 0.952 bits per heavy atom. The summed E-state index contributed by atoms with van der Waals surface area (Å²) in [6, 6.07) is 14.1. The molecule has 2 aromatic rings. The van der Waals surface area contributed by atoms with Crippen LogP contribution in [-0.2, 0) is 4.79 Å². The fraction of sp³-hybridized carbons (Fsp3) is 0.0588. The van der Waals surface area contributed by atoms with Gasteiger partial charge >= 0.3 is 0 Å². The summed E-state index contributed by atoms with van der Waals surface area (Å²) in [6.45, 7) is 1.51. The van der Waals surface area contributed by atoms with E-state index in [0.717, 1.165) is 11.8 Å². The maximum atomic E-state index is 10.6. The van der Waals surface area contributed by atoms with E-state index in [2.05, 4.69) is 0 Å². The van der Waals surface area contributed by atoms with Gasteiger partial charge in [-0.15, -0.1) is 0 Å². The molecule has 0 saturated heterocycles. The number of hydrogen-bond donors (Lipinski definition) is 0. The molecule has 0 unspecified atom stereocenters. The number of hydrogen-bond acceptors (Lipinski definition) is 2. The summed E-state index contributed by atoms with van der Waals surface area (Å²) >= 11 is 11.3. The summed E-state index contributed by atoms with van der Waals surface area (Å²) in [5.74, 6) is 0.0370. The minimum absolute atomic E-state index is 0.0370. The van der Waals surface area contributed by atoms with Crippen LogP contribution >= 0.6 is 23.2 Å². The van der Waals surface area contributed by atoms with Crippen LogP contribution in [0.5, 0.6) is 0 Å². The molecular formula is C17H14Cl2O2. The monoisotopic (exact) mass is 320 g/mol. The van der Waals surface area contributed by atoms with Crippen molar-refractivity contribution in [2.75, 3.05) is 0 Å². The molecule has 0 spiro atoms. The highest BCUT2D eigenvalue weighted by atomic mass is 35.5. The van der Waals surface area contributed by atoms with E-state index in [1.54, 1.807) is 42.5 Å². The number of carbonyl (C=O) groups is 2. The molecule has 0 N–H and O–H groups in total. The number of allylic oxidation sites excluding steroid dienone is 1. The van der Waals surface area contributed by atoms with Gasteiger partial charge in [0.2, 0.25) is 0 Å². The number of aldehydes is 1. The number of halogens is 2. The van der Waals surface area contributed by atoms with Crippen molar-refractivity contribution in [1.29, 1.82) is 0 Å². The zero-order valence-electron chi connectivity index (χ0n) is 11.4. The van der Waals surface area contributed by atoms with Crippen LogP contribution in [0.4, 0.5) is 0 Å². The summed E-state index contributed by atoms with van der Waals surface area (Å²) in [5.41, 5.74) is 1.56. The van der Waals surface area contributed by atoms with Gasteiger partial charge in [-0.2, -0.15) is 0 Å². The van der Waals surface area contributed by atoms with E-state index in [9.17, 15) is 9.59 Å². The second kappa shape index (κ2) is 9.11. The van der Waals surface area contributed by atoms with Gasteiger partial charge in [0.1, 0.15) is 6.29 Å². The van der Waals surface area contributed by atoms with Gasteiger partial charge in [-0.1, -0.05) is 53.5 Å². The van der Waals surface area contributed by atoms with Gasteiger partial charge < -0.3 is 0 Å². The lowest BCUT2D eigenvalue weighted by atomic mass is 10.2. The van der Waals surface area contributed by atoms with E-state index in [1.165, 1.54) is 13.0 Å². The van der Waals surface area contributed by atoms with Gasteiger partial charge in [-0.25, -0.2) is 0 Å². The predicted octanol–water partition coefficient (Wildman–Crippen LogP) is 5.09. The molecule has 108 valence electrons. The number of carbonyl (C=O) groups excluding carboxylic acids is 2. The van der Waals surface area contributed by atoms with Gasteiger partial charge in [-0.3, -0.25) is 9.59 Å². The standard InChI is InChI=1S/C10H9ClO.C7H5ClO/c1-8(12)5-6-9-3-2-4-10(11)7-9;8-7-3-1-2-6(4-7)5-9/h2-7H,1H3;1-5H/b6-5+;. The smallest absolute Gasteiger partial charge is 0.152 e. The van der Waals surface area contributed by atoms with E-state index in [0.29, 0.717) is 15.6 Å². The van der Waals surface area contributed by atoms with Crippen LogP contribution in [0.1, 0.15) is 22.8 Å². The third kappa shape index (κ3) is 7.45. The van der Waals surface area contributed by atoms with Crippen molar-refractivity contribution in [3.05, 3.63) is 75.8 Å². The second-order valence-corrected chi connectivity index (χ2v) is 5.04. The number of rotatable bonds is 3. The molecule has 2 nitrogen and oxygen atoms in total. The van der Waals surface area contributed by atoms with E-state index in [4.69, 9.17) is 23.2 Å². The Morgan fingerprint density at radius 2 is 1.48 bits per heavy atom. The molecule has 0 aromatic heterocycles. The first-order valence-corrected chi connectivity index (χ1v) is 6.92. The summed E-state index contributed by atoms with van der Waals surface area (Å²) in [7, 11) is 0. The van der Waals surface area contributed by atoms with Crippen molar-refractivity contribution in [2.24, 2.45) is 0 Å². The van der Waals surface area contributed by atoms with Crippen LogP contribution < -0.4 is 0 Å². The Hall–Kier alpha value is -1.90. The molecule has 2 aromatic carbocycles. The number of benzene rings is 2. The molecule has 0 saturated carbocycles. The lowest BCUT2D eigenvalue weighted by molar-refractivity contribution is -0.112. The highest BCUT2D eigenvalue weighted by Crippen LogP contribution is 2.11. The minimum atomic E-state index is 0.0370. The molecule has 0 fully saturated rings. The highest BCUT2D eigenvalue weighted by Gasteiger charge is 1.89. The van der Waals surface area contributed by atoms with Gasteiger partial charge in [0.25, 0.3) is 0 Å². The molecule has 0 aliphatic carbocycles. The Morgan fingerprint density at radius 3 is 1.90 bits per heavy atom. The maximum Gasteiger partial charge on any atom is 0.152 e. The highest BCUT2D eigenvalue weighted by molar-refractivity contribution is 6.31. The Labute approximate surface area is 134 Å². The lowest BCUT2D eigenvalue weighted by Gasteiger charge is -1.92. The third-order valence-electron chi connectivity index (χ3n) is 2.34. The van der Waals surface area contributed by atoms with Crippen LogP contribution in [0.15, 0.2) is 54.6 Å². The van der Waals surface area contributed by atoms with Gasteiger partial charge in [0, 0.05) is 15.6 Å². The molecule has 4 heteroatoms. The first-order valence-electron chi connectivity index (χ1n) is 6.16. The largest absolute Gasteiger partial charge is 0.298 e. The Balaban J connectivity index is 0.000000219. The van der Waals surface area contributed by atoms with Crippen LogP contribution in [0.25, 0.3) is 6.08 Å². The fourth-order valence-electron chi connectivity index (χ4n) is 1.40. The molecule has 0 amide bonds. The molecule has 0 aliphatic rings. The first-order chi connectivity index (χ1) is 10.0. The summed E-state index contributed by atoms with van der Waals surface area (Å²) in [5, 5.41) is 1.28. The Bertz CT molecular complexity index is 649. The molecule has 0 aliphatic heterocycles. The average molecular weight is 321 g/mol. The van der Waals surface area contributed by atoms with Crippen molar-refractivity contribution in [2.45, 2.75) is 6.92 Å². The van der Waals surface area contributed by atoms with E-state index in [1.807, 2.05) is 12.1 Å². The van der Waals surface area contributed by atoms with Crippen molar-refractivity contribution in [3.8, 4) is 0 Å². The summed E-state index contributed by atoms with van der Waals surface area (Å²) in [4.78, 5) is 20.7.